The van der Waals surface area contributed by atoms with E-state index in [2.05, 4.69) is 21.4 Å². The lowest BCUT2D eigenvalue weighted by atomic mass is 9.88. The molecular formula is C38H39FN6O4. The van der Waals surface area contributed by atoms with E-state index >= 15 is 4.39 Å². The summed E-state index contributed by atoms with van der Waals surface area (Å²) >= 11 is 0. The van der Waals surface area contributed by atoms with Gasteiger partial charge < -0.3 is 24.3 Å². The first-order valence-corrected chi connectivity index (χ1v) is 16.7. The molecule has 5 aromatic rings. The number of carbonyl (C=O) groups is 2. The molecule has 7 rings (SSSR count). The molecule has 0 atom stereocenters. The van der Waals surface area contributed by atoms with Crippen LogP contribution in [0.3, 0.4) is 0 Å². The van der Waals surface area contributed by atoms with Crippen LogP contribution in [0.1, 0.15) is 53.2 Å². The van der Waals surface area contributed by atoms with Gasteiger partial charge in [-0.25, -0.2) is 4.39 Å². The molecule has 2 aliphatic rings. The molecule has 10 nitrogen and oxygen atoms in total. The van der Waals surface area contributed by atoms with E-state index in [0.717, 1.165) is 40.9 Å². The van der Waals surface area contributed by atoms with Crippen LogP contribution in [-0.2, 0) is 11.3 Å². The Balaban J connectivity index is 1.19. The van der Waals surface area contributed by atoms with Crippen LogP contribution >= 0.6 is 0 Å². The number of halogens is 1. The normalized spacial score (nSPS) is 15.4. The highest BCUT2D eigenvalue weighted by atomic mass is 19.1. The minimum absolute atomic E-state index is 0.0326. The Morgan fingerprint density at radius 2 is 1.67 bits per heavy atom. The van der Waals surface area contributed by atoms with E-state index in [1.165, 1.54) is 0 Å². The van der Waals surface area contributed by atoms with Crippen molar-refractivity contribution in [2.24, 2.45) is 0 Å². The smallest absolute Gasteiger partial charge is 0.270 e. The standard InChI is InChI=1S/C38H39FN6O4/c1-48-33-11-5-3-9-27(33)25-13-18-43(19-14-25)38(47)32-23-31-30(28-10-4-6-12-34(28)49-2)22-29(36(39)37(31)41-32)26-8-7-17-44(24-26)35(46)15-20-45-21-16-40-42-45/h3-6,8-12,16,21-23,25,41H,7,13-15,17-20,24H2,1-2H3. The van der Waals surface area contributed by atoms with Crippen molar-refractivity contribution >= 4 is 28.3 Å². The summed E-state index contributed by atoms with van der Waals surface area (Å²) in [6.45, 7) is 2.41. The molecule has 2 aromatic heterocycles. The fourth-order valence-corrected chi connectivity index (χ4v) is 7.14. The maximum absolute atomic E-state index is 16.7. The van der Waals surface area contributed by atoms with Gasteiger partial charge in [-0.2, -0.15) is 0 Å². The van der Waals surface area contributed by atoms with Crippen molar-refractivity contribution in [2.45, 2.75) is 38.1 Å². The average molecular weight is 663 g/mol. The summed E-state index contributed by atoms with van der Waals surface area (Å²) in [5, 5.41) is 8.34. The zero-order chi connectivity index (χ0) is 33.9. The molecule has 1 fully saturated rings. The first kappa shape index (κ1) is 32.1. The Hall–Kier alpha value is -5.45. The number of aromatic amines is 1. The lowest BCUT2D eigenvalue weighted by molar-refractivity contribution is -0.131. The van der Waals surface area contributed by atoms with Crippen molar-refractivity contribution in [1.82, 2.24) is 29.8 Å². The number of H-pyrrole nitrogens is 1. The Bertz CT molecular complexity index is 2010. The molecule has 4 heterocycles. The van der Waals surface area contributed by atoms with Gasteiger partial charge in [0.1, 0.15) is 17.2 Å². The van der Waals surface area contributed by atoms with Crippen molar-refractivity contribution in [1.29, 1.82) is 0 Å². The summed E-state index contributed by atoms with van der Waals surface area (Å²) < 4.78 is 29.6. The minimum atomic E-state index is -0.453. The molecular weight excluding hydrogens is 623 g/mol. The number of fused-ring (bicyclic) bond motifs is 1. The van der Waals surface area contributed by atoms with Crippen LogP contribution in [0.2, 0.25) is 0 Å². The second kappa shape index (κ2) is 14.0. The molecule has 1 saturated heterocycles. The number of nitrogens with one attached hydrogen (secondary N) is 1. The largest absolute Gasteiger partial charge is 0.496 e. The number of amides is 2. The van der Waals surface area contributed by atoms with Gasteiger partial charge in [0.25, 0.3) is 5.91 Å². The third-order valence-electron chi connectivity index (χ3n) is 9.72. The van der Waals surface area contributed by atoms with E-state index in [1.807, 2.05) is 59.5 Å². The quantitative estimate of drug-likeness (QED) is 0.198. The summed E-state index contributed by atoms with van der Waals surface area (Å²) in [5.74, 6) is 1.14. The van der Waals surface area contributed by atoms with E-state index in [4.69, 9.17) is 9.47 Å². The van der Waals surface area contributed by atoms with Crippen LogP contribution in [0.5, 0.6) is 11.5 Å². The molecule has 3 aromatic carbocycles. The zero-order valence-electron chi connectivity index (χ0n) is 27.7. The fraction of sp³-hybridized carbons (Fsp3) is 0.316. The Morgan fingerprint density at radius 3 is 2.43 bits per heavy atom. The lowest BCUT2D eigenvalue weighted by Crippen LogP contribution is -2.38. The summed E-state index contributed by atoms with van der Waals surface area (Å²) in [5.41, 5.74) is 4.37. The number of rotatable bonds is 9. The lowest BCUT2D eigenvalue weighted by Gasteiger charge is -2.32. The number of methoxy groups -OCH3 is 2. The Labute approximate surface area is 284 Å². The predicted octanol–water partition coefficient (Wildman–Crippen LogP) is 6.31. The van der Waals surface area contributed by atoms with Crippen molar-refractivity contribution in [3.8, 4) is 22.6 Å². The highest BCUT2D eigenvalue weighted by molar-refractivity contribution is 6.05. The molecule has 252 valence electrons. The third kappa shape index (κ3) is 6.40. The number of para-hydroxylation sites is 2. The molecule has 49 heavy (non-hydrogen) atoms. The van der Waals surface area contributed by atoms with E-state index in [-0.39, 0.29) is 36.2 Å². The monoisotopic (exact) mass is 662 g/mol. The van der Waals surface area contributed by atoms with Crippen LogP contribution < -0.4 is 9.47 Å². The number of piperidine rings is 1. The van der Waals surface area contributed by atoms with Crippen molar-refractivity contribution < 1.29 is 23.5 Å². The topological polar surface area (TPSA) is 106 Å². The number of hydrogen-bond acceptors (Lipinski definition) is 6. The number of nitrogens with zero attached hydrogens (tertiary/aromatic N) is 5. The minimum Gasteiger partial charge on any atom is -0.496 e. The number of likely N-dealkylation sites (tertiary alicyclic amines) is 1. The molecule has 0 bridgehead atoms. The van der Waals surface area contributed by atoms with Crippen molar-refractivity contribution in [2.75, 3.05) is 40.4 Å². The molecule has 2 amide bonds. The van der Waals surface area contributed by atoms with Gasteiger partial charge in [-0.3, -0.25) is 14.3 Å². The molecule has 0 unspecified atom stereocenters. The molecule has 11 heteroatoms. The number of ether oxygens (including phenoxy) is 2. The number of carbonyl (C=O) groups excluding carboxylic acids is 2. The molecule has 0 radical (unpaired) electrons. The van der Waals surface area contributed by atoms with Crippen LogP contribution in [0.4, 0.5) is 4.39 Å². The van der Waals surface area contributed by atoms with E-state index < -0.39 is 5.82 Å². The number of aromatic nitrogens is 4. The maximum atomic E-state index is 16.7. The number of hydrogen-bond donors (Lipinski definition) is 1. The van der Waals surface area contributed by atoms with Gasteiger partial charge in [0.05, 0.1) is 32.5 Å². The summed E-state index contributed by atoms with van der Waals surface area (Å²) in [6, 6.07) is 19.2. The van der Waals surface area contributed by atoms with Gasteiger partial charge in [0.2, 0.25) is 5.91 Å². The Morgan fingerprint density at radius 1 is 0.918 bits per heavy atom. The van der Waals surface area contributed by atoms with E-state index in [9.17, 15) is 9.59 Å². The molecule has 2 aliphatic heterocycles. The number of aryl methyl sites for hydroxylation is 1. The summed E-state index contributed by atoms with van der Waals surface area (Å²) in [4.78, 5) is 33.9. The predicted molar refractivity (Wildman–Crippen MR) is 185 cm³/mol. The average Bonchev–Trinajstić information content (AvgIpc) is 3.85. The molecule has 0 aliphatic carbocycles. The van der Waals surface area contributed by atoms with Crippen molar-refractivity contribution in [3.05, 3.63) is 102 Å². The highest BCUT2D eigenvalue weighted by Crippen LogP contribution is 2.41. The maximum Gasteiger partial charge on any atom is 0.270 e. The zero-order valence-corrected chi connectivity index (χ0v) is 27.7. The fourth-order valence-electron chi connectivity index (χ4n) is 7.14. The third-order valence-corrected chi connectivity index (χ3v) is 9.72. The van der Waals surface area contributed by atoms with Crippen LogP contribution in [-0.4, -0.2) is 82.0 Å². The van der Waals surface area contributed by atoms with Crippen LogP contribution in [0, 0.1) is 5.82 Å². The summed E-state index contributed by atoms with van der Waals surface area (Å²) in [7, 11) is 3.29. The van der Waals surface area contributed by atoms with Crippen LogP contribution in [0.25, 0.3) is 27.6 Å². The van der Waals surface area contributed by atoms with Gasteiger partial charge in [-0.05, 0) is 66.1 Å². The van der Waals surface area contributed by atoms with Gasteiger partial charge >= 0.3 is 0 Å². The molecule has 0 spiro atoms. The second-order valence-electron chi connectivity index (χ2n) is 12.5. The first-order chi connectivity index (χ1) is 23.9. The SMILES string of the molecule is COc1ccccc1-c1cc(C2=CCCN(C(=O)CCn3ccnn3)C2)c(F)c2[nH]c(C(=O)N3CCC(c4ccccc4OC)CC3)cc12. The van der Waals surface area contributed by atoms with Gasteiger partial charge in [-0.15, -0.1) is 5.10 Å². The Kier molecular flexibility index (Phi) is 9.15. The number of benzene rings is 3. The van der Waals surface area contributed by atoms with Gasteiger partial charge in [0.15, 0.2) is 5.82 Å². The van der Waals surface area contributed by atoms with Crippen LogP contribution in [0.15, 0.2) is 79.1 Å². The second-order valence-corrected chi connectivity index (χ2v) is 12.5. The highest BCUT2D eigenvalue weighted by Gasteiger charge is 2.29. The van der Waals surface area contributed by atoms with Gasteiger partial charge in [-0.1, -0.05) is 47.7 Å². The summed E-state index contributed by atoms with van der Waals surface area (Å²) in [6.07, 6.45) is 7.78. The van der Waals surface area contributed by atoms with E-state index in [0.29, 0.717) is 55.0 Å². The molecule has 1 N–H and O–H groups in total. The van der Waals surface area contributed by atoms with Crippen molar-refractivity contribution in [3.63, 3.8) is 0 Å². The molecule has 0 saturated carbocycles. The first-order valence-electron chi connectivity index (χ1n) is 16.7. The van der Waals surface area contributed by atoms with E-state index in [1.54, 1.807) is 42.3 Å². The van der Waals surface area contributed by atoms with Gasteiger partial charge in [0, 0.05) is 55.3 Å².